The maximum atomic E-state index is 3.60. The number of hydrogen-bond donors (Lipinski definition) is 0. The third-order valence-electron chi connectivity index (χ3n) is 4.83. The second-order valence-electron chi connectivity index (χ2n) is 7.45. The molecule has 0 amide bonds. The second-order valence-corrected chi connectivity index (χ2v) is 7.45. The van der Waals surface area contributed by atoms with Crippen LogP contribution in [-0.2, 0) is 0 Å². The molecule has 1 aliphatic heterocycles. The first kappa shape index (κ1) is 18.8. The van der Waals surface area contributed by atoms with E-state index in [0.29, 0.717) is 6.04 Å². The maximum absolute atomic E-state index is 3.60. The topological polar surface area (TPSA) is 3.24 Å². The lowest BCUT2D eigenvalue weighted by Crippen LogP contribution is -2.39. The van der Waals surface area contributed by atoms with Crippen LogP contribution in [-0.4, -0.2) is 24.0 Å². The summed E-state index contributed by atoms with van der Waals surface area (Å²) in [5.41, 5.74) is 2.57. The molecular formula is C23H33N. The van der Waals surface area contributed by atoms with Crippen molar-refractivity contribution in [2.24, 2.45) is 5.92 Å². The Labute approximate surface area is 149 Å². The van der Waals surface area contributed by atoms with Crippen LogP contribution in [0.15, 0.2) is 42.0 Å². The van der Waals surface area contributed by atoms with E-state index < -0.39 is 0 Å². The van der Waals surface area contributed by atoms with Crippen molar-refractivity contribution in [3.8, 4) is 11.8 Å². The molecule has 0 aliphatic carbocycles. The van der Waals surface area contributed by atoms with Gasteiger partial charge >= 0.3 is 0 Å². The van der Waals surface area contributed by atoms with E-state index in [4.69, 9.17) is 0 Å². The quantitative estimate of drug-likeness (QED) is 0.482. The maximum Gasteiger partial charge on any atom is 0.0720 e. The third-order valence-corrected chi connectivity index (χ3v) is 4.83. The molecule has 130 valence electrons. The van der Waals surface area contributed by atoms with E-state index in [2.05, 4.69) is 73.9 Å². The van der Waals surface area contributed by atoms with E-state index in [-0.39, 0.29) is 0 Å². The zero-order chi connectivity index (χ0) is 17.2. The summed E-state index contributed by atoms with van der Waals surface area (Å²) in [6.07, 6.45) is 10.1. The minimum Gasteiger partial charge on any atom is -0.290 e. The van der Waals surface area contributed by atoms with Crippen LogP contribution in [0.2, 0.25) is 0 Å². The molecule has 0 radical (unpaired) electrons. The highest BCUT2D eigenvalue weighted by atomic mass is 15.2. The summed E-state index contributed by atoms with van der Waals surface area (Å²) in [4.78, 5) is 2.62. The lowest BCUT2D eigenvalue weighted by atomic mass is 9.94. The number of benzene rings is 1. The predicted octanol–water partition coefficient (Wildman–Crippen LogP) is 5.67. The fourth-order valence-corrected chi connectivity index (χ4v) is 3.37. The van der Waals surface area contributed by atoms with Crippen molar-refractivity contribution in [2.75, 3.05) is 13.1 Å². The molecule has 24 heavy (non-hydrogen) atoms. The van der Waals surface area contributed by atoms with Gasteiger partial charge < -0.3 is 0 Å². The van der Waals surface area contributed by atoms with Crippen LogP contribution in [0.1, 0.15) is 64.9 Å². The van der Waals surface area contributed by atoms with Gasteiger partial charge in [0.2, 0.25) is 0 Å². The zero-order valence-corrected chi connectivity index (χ0v) is 15.7. The van der Waals surface area contributed by atoms with E-state index >= 15 is 0 Å². The molecule has 2 rings (SSSR count). The molecule has 1 nitrogen and oxygen atoms in total. The largest absolute Gasteiger partial charge is 0.290 e. The van der Waals surface area contributed by atoms with E-state index in [1.54, 1.807) is 0 Å². The lowest BCUT2D eigenvalue weighted by Gasteiger charge is -2.33. The molecule has 1 fully saturated rings. The highest BCUT2D eigenvalue weighted by Crippen LogP contribution is 2.20. The Morgan fingerprint density at radius 2 is 1.83 bits per heavy atom. The van der Waals surface area contributed by atoms with Crippen LogP contribution in [0.3, 0.4) is 0 Å². The normalized spacial score (nSPS) is 17.5. The van der Waals surface area contributed by atoms with Crippen LogP contribution in [0.4, 0.5) is 0 Å². The van der Waals surface area contributed by atoms with Gasteiger partial charge in [-0.3, -0.25) is 4.90 Å². The molecule has 1 heteroatoms. The summed E-state index contributed by atoms with van der Waals surface area (Å²) in [6.45, 7) is 9.20. The van der Waals surface area contributed by atoms with Crippen molar-refractivity contribution >= 4 is 0 Å². The van der Waals surface area contributed by atoms with Crippen molar-refractivity contribution < 1.29 is 0 Å². The Bertz CT molecular complexity index is 551. The van der Waals surface area contributed by atoms with Crippen LogP contribution < -0.4 is 0 Å². The summed E-state index contributed by atoms with van der Waals surface area (Å²) in [7, 11) is 0. The number of hydrogen-bond acceptors (Lipinski definition) is 1. The molecule has 0 spiro atoms. The van der Waals surface area contributed by atoms with Gasteiger partial charge in [0, 0.05) is 5.56 Å². The minimum absolute atomic E-state index is 0.409. The van der Waals surface area contributed by atoms with Gasteiger partial charge in [-0.05, 0) is 77.1 Å². The van der Waals surface area contributed by atoms with Gasteiger partial charge in [-0.1, -0.05) is 55.0 Å². The van der Waals surface area contributed by atoms with Crippen LogP contribution in [0, 0.1) is 17.8 Å². The van der Waals surface area contributed by atoms with Gasteiger partial charge in [-0.15, -0.1) is 0 Å². The molecule has 1 unspecified atom stereocenters. The first-order valence-electron chi connectivity index (χ1n) is 9.59. The Hall–Kier alpha value is -1.52. The number of allylic oxidation sites excluding steroid dienone is 2. The summed E-state index contributed by atoms with van der Waals surface area (Å²) in [5.74, 6) is 7.73. The Balaban J connectivity index is 2.00. The number of piperidine rings is 1. The molecular weight excluding hydrogens is 290 g/mol. The van der Waals surface area contributed by atoms with Crippen molar-refractivity contribution in [2.45, 2.75) is 65.3 Å². The SMILES string of the molecule is CC(C)=CCC[C@H](C)CC(C#Cc1ccccc1)N1CCCCC1. The molecule has 1 saturated heterocycles. The van der Waals surface area contributed by atoms with Crippen LogP contribution in [0.25, 0.3) is 0 Å². The molecule has 1 aliphatic rings. The third kappa shape index (κ3) is 6.93. The molecule has 0 bridgehead atoms. The molecule has 0 aromatic heterocycles. The Morgan fingerprint density at radius 1 is 1.12 bits per heavy atom. The summed E-state index contributed by atoms with van der Waals surface area (Å²) in [5, 5.41) is 0. The first-order chi connectivity index (χ1) is 11.6. The standard InChI is InChI=1S/C23H33N/c1-20(2)11-10-12-21(3)19-23(24-17-8-5-9-18-24)16-15-22-13-6-4-7-14-22/h4,6-7,11,13-14,21,23H,5,8-10,12,17-19H2,1-3H3/t21-,23?/m0/s1. The first-order valence-corrected chi connectivity index (χ1v) is 9.59. The highest BCUT2D eigenvalue weighted by Gasteiger charge is 2.20. The Kier molecular flexibility index (Phi) is 8.13. The molecule has 1 heterocycles. The molecule has 1 aromatic carbocycles. The second kappa shape index (κ2) is 10.4. The highest BCUT2D eigenvalue weighted by molar-refractivity contribution is 5.34. The van der Waals surface area contributed by atoms with Gasteiger partial charge in [-0.25, -0.2) is 0 Å². The monoisotopic (exact) mass is 323 g/mol. The fraction of sp³-hybridized carbons (Fsp3) is 0.565. The average Bonchev–Trinajstić information content (AvgIpc) is 2.60. The van der Waals surface area contributed by atoms with E-state index in [9.17, 15) is 0 Å². The van der Waals surface area contributed by atoms with Crippen LogP contribution in [0.5, 0.6) is 0 Å². The molecule has 1 aromatic rings. The Morgan fingerprint density at radius 3 is 2.50 bits per heavy atom. The summed E-state index contributed by atoms with van der Waals surface area (Å²) in [6, 6.07) is 10.8. The van der Waals surface area contributed by atoms with E-state index in [1.807, 2.05) is 0 Å². The molecule has 0 N–H and O–H groups in total. The van der Waals surface area contributed by atoms with Crippen LogP contribution >= 0.6 is 0 Å². The number of rotatable bonds is 6. The van der Waals surface area contributed by atoms with Gasteiger partial charge in [0.25, 0.3) is 0 Å². The summed E-state index contributed by atoms with van der Waals surface area (Å²) >= 11 is 0. The number of likely N-dealkylation sites (tertiary alicyclic amines) is 1. The minimum atomic E-state index is 0.409. The van der Waals surface area contributed by atoms with E-state index in [0.717, 1.165) is 11.5 Å². The van der Waals surface area contributed by atoms with Crippen molar-refractivity contribution in [1.29, 1.82) is 0 Å². The van der Waals surface area contributed by atoms with Gasteiger partial charge in [-0.2, -0.15) is 0 Å². The van der Waals surface area contributed by atoms with Gasteiger partial charge in [0.15, 0.2) is 0 Å². The van der Waals surface area contributed by atoms with Crippen molar-refractivity contribution in [3.63, 3.8) is 0 Å². The number of nitrogens with zero attached hydrogens (tertiary/aromatic N) is 1. The lowest BCUT2D eigenvalue weighted by molar-refractivity contribution is 0.175. The summed E-state index contributed by atoms with van der Waals surface area (Å²) < 4.78 is 0. The average molecular weight is 324 g/mol. The smallest absolute Gasteiger partial charge is 0.0720 e. The fourth-order valence-electron chi connectivity index (χ4n) is 3.37. The van der Waals surface area contributed by atoms with Crippen molar-refractivity contribution in [3.05, 3.63) is 47.5 Å². The predicted molar refractivity (Wildman–Crippen MR) is 105 cm³/mol. The molecule has 0 saturated carbocycles. The van der Waals surface area contributed by atoms with Crippen molar-refractivity contribution in [1.82, 2.24) is 4.90 Å². The van der Waals surface area contributed by atoms with E-state index in [1.165, 1.54) is 57.2 Å². The van der Waals surface area contributed by atoms with Gasteiger partial charge in [0.1, 0.15) is 0 Å². The van der Waals surface area contributed by atoms with Gasteiger partial charge in [0.05, 0.1) is 6.04 Å². The zero-order valence-electron chi connectivity index (χ0n) is 15.7. The molecule has 2 atom stereocenters.